The zero-order valence-electron chi connectivity index (χ0n) is 9.55. The number of nitrogens with zero attached hydrogens (tertiary/aromatic N) is 1. The predicted molar refractivity (Wildman–Crippen MR) is 59.5 cm³/mol. The predicted octanol–water partition coefficient (Wildman–Crippen LogP) is 0.873. The van der Waals surface area contributed by atoms with E-state index >= 15 is 0 Å². The normalized spacial score (nSPS) is 19.6. The average Bonchev–Trinajstić information content (AvgIpc) is 2.19. The van der Waals surface area contributed by atoms with Gasteiger partial charge in [-0.2, -0.15) is 0 Å². The summed E-state index contributed by atoms with van der Waals surface area (Å²) in [6.45, 7) is 5.92. The first-order valence-corrected chi connectivity index (χ1v) is 5.33. The molecule has 0 saturated carbocycles. The molecule has 1 heterocycles. The number of hydrogen-bond donors (Lipinski definition) is 1. The van der Waals surface area contributed by atoms with Crippen LogP contribution in [0.25, 0.3) is 0 Å². The van der Waals surface area contributed by atoms with E-state index in [4.69, 9.17) is 4.74 Å². The summed E-state index contributed by atoms with van der Waals surface area (Å²) in [5.74, 6) is 0. The minimum atomic E-state index is 0.583. The van der Waals surface area contributed by atoms with Crippen LogP contribution in [-0.4, -0.2) is 51.3 Å². The van der Waals surface area contributed by atoms with E-state index in [9.17, 15) is 0 Å². The van der Waals surface area contributed by atoms with Gasteiger partial charge >= 0.3 is 0 Å². The van der Waals surface area contributed by atoms with Crippen LogP contribution < -0.4 is 5.32 Å². The minimum Gasteiger partial charge on any atom is -0.377 e. The van der Waals surface area contributed by atoms with Crippen molar-refractivity contribution in [2.24, 2.45) is 0 Å². The molecule has 0 aromatic carbocycles. The molecule has 0 fully saturated rings. The van der Waals surface area contributed by atoms with Gasteiger partial charge < -0.3 is 15.0 Å². The number of nitrogens with one attached hydrogen (secondary N) is 1. The van der Waals surface area contributed by atoms with Crippen molar-refractivity contribution in [2.45, 2.75) is 19.4 Å². The molecule has 0 saturated heterocycles. The first-order chi connectivity index (χ1) is 6.70. The van der Waals surface area contributed by atoms with Crippen LogP contribution >= 0.6 is 0 Å². The maximum Gasteiger partial charge on any atom is 0.0689 e. The fourth-order valence-corrected chi connectivity index (χ4v) is 1.36. The van der Waals surface area contributed by atoms with Crippen molar-refractivity contribution in [3.05, 3.63) is 11.6 Å². The number of hydrogen-bond acceptors (Lipinski definition) is 3. The molecule has 1 atom stereocenters. The second-order valence-electron chi connectivity index (χ2n) is 4.15. The second-order valence-corrected chi connectivity index (χ2v) is 4.15. The molecule has 1 N–H and O–H groups in total. The summed E-state index contributed by atoms with van der Waals surface area (Å²) in [7, 11) is 4.21. The lowest BCUT2D eigenvalue weighted by Crippen LogP contribution is -2.36. The lowest BCUT2D eigenvalue weighted by atomic mass is 10.2. The summed E-state index contributed by atoms with van der Waals surface area (Å²) in [4.78, 5) is 2.22. The average molecular weight is 198 g/mol. The molecule has 82 valence electrons. The molecule has 0 radical (unpaired) electrons. The Balaban J connectivity index is 2.11. The molecule has 0 aromatic rings. The van der Waals surface area contributed by atoms with Crippen LogP contribution in [0.1, 0.15) is 13.3 Å². The zero-order chi connectivity index (χ0) is 10.4. The van der Waals surface area contributed by atoms with Crippen molar-refractivity contribution in [1.29, 1.82) is 0 Å². The van der Waals surface area contributed by atoms with Gasteiger partial charge in [0.1, 0.15) is 0 Å². The summed E-state index contributed by atoms with van der Waals surface area (Å²) in [6.07, 6.45) is 3.36. The fraction of sp³-hybridized carbons (Fsp3) is 0.818. The van der Waals surface area contributed by atoms with Crippen molar-refractivity contribution in [3.63, 3.8) is 0 Å². The highest BCUT2D eigenvalue weighted by Gasteiger charge is 2.06. The van der Waals surface area contributed by atoms with Crippen LogP contribution in [0.2, 0.25) is 0 Å². The standard InChI is InChI=1S/C11H22N2O/c1-10(13(2)3)7-12-8-11-5-4-6-14-9-11/h5,10,12H,4,6-9H2,1-3H3. The third-order valence-corrected chi connectivity index (χ3v) is 2.66. The SMILES string of the molecule is CC(CNCC1=CCCOC1)N(C)C. The smallest absolute Gasteiger partial charge is 0.0689 e. The third kappa shape index (κ3) is 4.22. The topological polar surface area (TPSA) is 24.5 Å². The largest absolute Gasteiger partial charge is 0.377 e. The van der Waals surface area contributed by atoms with E-state index in [0.29, 0.717) is 6.04 Å². The first kappa shape index (κ1) is 11.7. The second kappa shape index (κ2) is 6.17. The fourth-order valence-electron chi connectivity index (χ4n) is 1.36. The molecule has 14 heavy (non-hydrogen) atoms. The Morgan fingerprint density at radius 1 is 1.57 bits per heavy atom. The maximum absolute atomic E-state index is 5.37. The Kier molecular flexibility index (Phi) is 5.15. The summed E-state index contributed by atoms with van der Waals surface area (Å²) < 4.78 is 5.37. The van der Waals surface area contributed by atoms with E-state index in [1.54, 1.807) is 0 Å². The first-order valence-electron chi connectivity index (χ1n) is 5.33. The van der Waals surface area contributed by atoms with Crippen molar-refractivity contribution in [3.8, 4) is 0 Å². The van der Waals surface area contributed by atoms with Gasteiger partial charge in [-0.1, -0.05) is 6.08 Å². The van der Waals surface area contributed by atoms with Gasteiger partial charge in [-0.15, -0.1) is 0 Å². The van der Waals surface area contributed by atoms with Crippen LogP contribution in [0, 0.1) is 0 Å². The maximum atomic E-state index is 5.37. The molecule has 0 aromatic heterocycles. The highest BCUT2D eigenvalue weighted by molar-refractivity contribution is 5.06. The number of likely N-dealkylation sites (N-methyl/N-ethyl adjacent to an activating group) is 1. The Morgan fingerprint density at radius 2 is 2.36 bits per heavy atom. The van der Waals surface area contributed by atoms with Gasteiger partial charge in [0.2, 0.25) is 0 Å². The van der Waals surface area contributed by atoms with Gasteiger partial charge in [0.15, 0.2) is 0 Å². The number of rotatable bonds is 5. The van der Waals surface area contributed by atoms with Crippen molar-refractivity contribution < 1.29 is 4.74 Å². The molecule has 1 aliphatic heterocycles. The lowest BCUT2D eigenvalue weighted by molar-refractivity contribution is 0.148. The van der Waals surface area contributed by atoms with Gasteiger partial charge in [0.25, 0.3) is 0 Å². The van der Waals surface area contributed by atoms with E-state index < -0.39 is 0 Å². The molecular weight excluding hydrogens is 176 g/mol. The molecule has 0 aliphatic carbocycles. The molecule has 3 heteroatoms. The Labute approximate surface area is 87.1 Å². The monoisotopic (exact) mass is 198 g/mol. The summed E-state index contributed by atoms with van der Waals surface area (Å²) in [5, 5.41) is 3.45. The molecular formula is C11H22N2O. The summed E-state index contributed by atoms with van der Waals surface area (Å²) >= 11 is 0. The van der Waals surface area contributed by atoms with E-state index in [2.05, 4.69) is 37.3 Å². The van der Waals surface area contributed by atoms with Crippen molar-refractivity contribution in [2.75, 3.05) is 40.4 Å². The Morgan fingerprint density at radius 3 is 2.93 bits per heavy atom. The van der Waals surface area contributed by atoms with Gasteiger partial charge in [-0.25, -0.2) is 0 Å². The molecule has 1 rings (SSSR count). The quantitative estimate of drug-likeness (QED) is 0.664. The Hall–Kier alpha value is -0.380. The molecule has 0 amide bonds. The van der Waals surface area contributed by atoms with Crippen LogP contribution in [0.15, 0.2) is 11.6 Å². The molecule has 0 spiro atoms. The third-order valence-electron chi connectivity index (χ3n) is 2.66. The van der Waals surface area contributed by atoms with E-state index in [0.717, 1.165) is 32.7 Å². The van der Waals surface area contributed by atoms with Crippen LogP contribution in [0.4, 0.5) is 0 Å². The van der Waals surface area contributed by atoms with Crippen LogP contribution in [0.5, 0.6) is 0 Å². The van der Waals surface area contributed by atoms with Crippen LogP contribution in [-0.2, 0) is 4.74 Å². The molecule has 1 aliphatic rings. The lowest BCUT2D eigenvalue weighted by Gasteiger charge is -2.21. The molecule has 1 unspecified atom stereocenters. The minimum absolute atomic E-state index is 0.583. The molecule has 0 bridgehead atoms. The van der Waals surface area contributed by atoms with Gasteiger partial charge in [-0.05, 0) is 33.0 Å². The highest BCUT2D eigenvalue weighted by Crippen LogP contribution is 2.03. The van der Waals surface area contributed by atoms with Crippen LogP contribution in [0.3, 0.4) is 0 Å². The highest BCUT2D eigenvalue weighted by atomic mass is 16.5. The van der Waals surface area contributed by atoms with Crippen molar-refractivity contribution in [1.82, 2.24) is 10.2 Å². The van der Waals surface area contributed by atoms with Gasteiger partial charge in [0.05, 0.1) is 13.2 Å². The zero-order valence-corrected chi connectivity index (χ0v) is 9.55. The van der Waals surface area contributed by atoms with E-state index in [1.165, 1.54) is 5.57 Å². The van der Waals surface area contributed by atoms with Gasteiger partial charge in [-0.3, -0.25) is 0 Å². The summed E-state index contributed by atoms with van der Waals surface area (Å²) in [5.41, 5.74) is 1.39. The van der Waals surface area contributed by atoms with Gasteiger partial charge in [0, 0.05) is 19.1 Å². The van der Waals surface area contributed by atoms with Crippen molar-refractivity contribution >= 4 is 0 Å². The summed E-state index contributed by atoms with van der Waals surface area (Å²) in [6, 6.07) is 0.583. The Bertz CT molecular complexity index is 190. The van der Waals surface area contributed by atoms with E-state index in [1.807, 2.05) is 0 Å². The number of ether oxygens (including phenoxy) is 1. The molecule has 3 nitrogen and oxygen atoms in total. The van der Waals surface area contributed by atoms with E-state index in [-0.39, 0.29) is 0 Å².